The second-order valence-electron chi connectivity index (χ2n) is 5.60. The average molecular weight is 378 g/mol. The number of hydrogen-bond donors (Lipinski definition) is 4. The summed E-state index contributed by atoms with van der Waals surface area (Å²) in [5.74, 6) is 0.241. The van der Waals surface area contributed by atoms with Gasteiger partial charge in [-0.3, -0.25) is 10.8 Å². The predicted molar refractivity (Wildman–Crippen MR) is 106 cm³/mol. The third-order valence-corrected chi connectivity index (χ3v) is 3.69. The van der Waals surface area contributed by atoms with Gasteiger partial charge in [-0.05, 0) is 42.5 Å². The van der Waals surface area contributed by atoms with E-state index in [1.54, 1.807) is 60.7 Å². The largest absolute Gasteiger partial charge is 0.495 e. The minimum absolute atomic E-state index is 0.218. The van der Waals surface area contributed by atoms with Gasteiger partial charge in [-0.25, -0.2) is 4.79 Å². The van der Waals surface area contributed by atoms with E-state index in [0.29, 0.717) is 22.7 Å². The Morgan fingerprint density at radius 3 is 2.54 bits per heavy atom. The molecule has 8 heteroatoms. The topological polar surface area (TPSA) is 120 Å². The Balaban J connectivity index is 1.65. The molecule has 0 aliphatic heterocycles. The van der Waals surface area contributed by atoms with E-state index < -0.39 is 6.03 Å². The molecule has 4 N–H and O–H groups in total. The number of methoxy groups -OCH3 is 1. The lowest BCUT2D eigenvalue weighted by atomic mass is 10.2. The zero-order chi connectivity index (χ0) is 19.9. The van der Waals surface area contributed by atoms with Crippen LogP contribution in [0.15, 0.2) is 71.3 Å². The lowest BCUT2D eigenvalue weighted by Gasteiger charge is -2.12. The number of anilines is 2. The highest BCUT2D eigenvalue weighted by Gasteiger charge is 2.12. The van der Waals surface area contributed by atoms with Crippen LogP contribution in [-0.2, 0) is 4.74 Å². The molecule has 2 aromatic carbocycles. The molecule has 28 heavy (non-hydrogen) atoms. The van der Waals surface area contributed by atoms with Crippen LogP contribution in [-0.4, -0.2) is 24.9 Å². The van der Waals surface area contributed by atoms with E-state index in [2.05, 4.69) is 10.6 Å². The highest BCUT2D eigenvalue weighted by atomic mass is 16.5. The molecule has 3 rings (SSSR count). The molecule has 0 saturated heterocycles. The second kappa shape index (κ2) is 8.54. The number of furan rings is 1. The third kappa shape index (κ3) is 4.55. The van der Waals surface area contributed by atoms with E-state index in [0.717, 1.165) is 0 Å². The lowest BCUT2D eigenvalue weighted by Crippen LogP contribution is -2.20. The molecule has 1 aromatic heterocycles. The molecule has 2 amide bonds. The van der Waals surface area contributed by atoms with Gasteiger partial charge in [0, 0.05) is 11.3 Å². The maximum Gasteiger partial charge on any atom is 0.323 e. The van der Waals surface area contributed by atoms with Crippen molar-refractivity contribution in [1.82, 2.24) is 0 Å². The molecular weight excluding hydrogens is 360 g/mol. The van der Waals surface area contributed by atoms with E-state index in [4.69, 9.17) is 24.7 Å². The van der Waals surface area contributed by atoms with Crippen molar-refractivity contribution in [1.29, 1.82) is 10.8 Å². The molecular formula is C20H18N4O4. The van der Waals surface area contributed by atoms with Crippen molar-refractivity contribution < 1.29 is 18.7 Å². The molecule has 3 aromatic rings. The van der Waals surface area contributed by atoms with Crippen molar-refractivity contribution in [3.8, 4) is 5.75 Å². The highest BCUT2D eigenvalue weighted by Crippen LogP contribution is 2.23. The van der Waals surface area contributed by atoms with Crippen LogP contribution in [0.25, 0.3) is 0 Å². The fraction of sp³-hybridized carbons (Fsp3) is 0.0500. The number of hydrogen-bond acceptors (Lipinski definition) is 6. The summed E-state index contributed by atoms with van der Waals surface area (Å²) in [6.45, 7) is 0. The van der Waals surface area contributed by atoms with Crippen molar-refractivity contribution in [2.75, 3.05) is 17.7 Å². The minimum atomic E-state index is -0.461. The number of amides is 2. The van der Waals surface area contributed by atoms with Crippen LogP contribution in [0, 0.1) is 10.8 Å². The Labute approximate surface area is 161 Å². The molecule has 0 radical (unpaired) electrons. The van der Waals surface area contributed by atoms with Crippen LogP contribution in [0.3, 0.4) is 0 Å². The number of carbonyl (C=O) groups excluding carboxylic acids is 1. The summed E-state index contributed by atoms with van der Waals surface area (Å²) in [7, 11) is 1.52. The number of carbonyl (C=O) groups is 1. The molecule has 0 fully saturated rings. The number of benzene rings is 2. The monoisotopic (exact) mass is 378 g/mol. The molecule has 0 bridgehead atoms. The molecule has 0 saturated carbocycles. The summed E-state index contributed by atoms with van der Waals surface area (Å²) in [5.41, 5.74) is 1.39. The first-order valence-corrected chi connectivity index (χ1v) is 8.27. The van der Waals surface area contributed by atoms with E-state index in [1.165, 1.54) is 13.4 Å². The molecule has 0 aliphatic carbocycles. The second-order valence-corrected chi connectivity index (χ2v) is 5.60. The first kappa shape index (κ1) is 18.7. The maximum absolute atomic E-state index is 12.3. The lowest BCUT2D eigenvalue weighted by molar-refractivity contribution is 0.262. The molecule has 0 spiro atoms. The minimum Gasteiger partial charge on any atom is -0.495 e. The van der Waals surface area contributed by atoms with Crippen LogP contribution < -0.4 is 15.4 Å². The Morgan fingerprint density at radius 1 is 0.964 bits per heavy atom. The van der Waals surface area contributed by atoms with E-state index >= 15 is 0 Å². The molecule has 0 aliphatic rings. The number of rotatable bonds is 5. The SMILES string of the molecule is COc1ccccc1NC(=O)Nc1cccc(C(=N)OC(=N)c2ccco2)c1. The summed E-state index contributed by atoms with van der Waals surface area (Å²) in [6.07, 6.45) is 1.42. The molecule has 8 nitrogen and oxygen atoms in total. The van der Waals surface area contributed by atoms with Gasteiger partial charge in [0.1, 0.15) is 5.75 Å². The smallest absolute Gasteiger partial charge is 0.323 e. The standard InChI is InChI=1S/C20H18N4O4/c1-26-16-9-3-2-8-15(16)24-20(25)23-14-7-4-6-13(12-14)18(21)28-19(22)17-10-5-11-27-17/h2-12,21-22H,1H3,(H2,23,24,25). The van der Waals surface area contributed by atoms with Gasteiger partial charge in [-0.2, -0.15) is 0 Å². The van der Waals surface area contributed by atoms with Gasteiger partial charge in [0.15, 0.2) is 5.76 Å². The normalized spacial score (nSPS) is 10.0. The van der Waals surface area contributed by atoms with Crippen LogP contribution in [0.2, 0.25) is 0 Å². The Kier molecular flexibility index (Phi) is 5.71. The summed E-state index contributed by atoms with van der Waals surface area (Å²) in [4.78, 5) is 12.3. The Hall–Kier alpha value is -4.07. The van der Waals surface area contributed by atoms with Gasteiger partial charge in [0.05, 0.1) is 19.1 Å². The molecule has 0 atom stereocenters. The van der Waals surface area contributed by atoms with Crippen molar-refractivity contribution in [3.05, 3.63) is 78.3 Å². The van der Waals surface area contributed by atoms with Gasteiger partial charge >= 0.3 is 6.03 Å². The van der Waals surface area contributed by atoms with E-state index in [1.807, 2.05) is 0 Å². The fourth-order valence-electron chi connectivity index (χ4n) is 2.39. The molecule has 0 unspecified atom stereocenters. The van der Waals surface area contributed by atoms with Gasteiger partial charge < -0.3 is 24.5 Å². The first-order chi connectivity index (χ1) is 13.6. The van der Waals surface area contributed by atoms with Crippen molar-refractivity contribution in [2.24, 2.45) is 0 Å². The quantitative estimate of drug-likeness (QED) is 0.391. The molecule has 142 valence electrons. The first-order valence-electron chi connectivity index (χ1n) is 8.27. The number of para-hydroxylation sites is 2. The van der Waals surface area contributed by atoms with Gasteiger partial charge in [0.25, 0.3) is 5.90 Å². The predicted octanol–water partition coefficient (Wildman–Crippen LogP) is 4.30. The molecule has 1 heterocycles. The summed E-state index contributed by atoms with van der Waals surface area (Å²) >= 11 is 0. The summed E-state index contributed by atoms with van der Waals surface area (Å²) in [5, 5.41) is 21.2. The number of urea groups is 1. The third-order valence-electron chi connectivity index (χ3n) is 3.69. The zero-order valence-electron chi connectivity index (χ0n) is 15.0. The number of ether oxygens (including phenoxy) is 2. The van der Waals surface area contributed by atoms with Crippen molar-refractivity contribution in [2.45, 2.75) is 0 Å². The van der Waals surface area contributed by atoms with Crippen LogP contribution in [0.4, 0.5) is 16.2 Å². The Bertz CT molecular complexity index is 999. The number of nitrogens with one attached hydrogen (secondary N) is 4. The van der Waals surface area contributed by atoms with Crippen LogP contribution >= 0.6 is 0 Å². The maximum atomic E-state index is 12.3. The van der Waals surface area contributed by atoms with Crippen molar-refractivity contribution in [3.63, 3.8) is 0 Å². The van der Waals surface area contributed by atoms with Gasteiger partial charge in [0.2, 0.25) is 5.90 Å². The van der Waals surface area contributed by atoms with Crippen LogP contribution in [0.5, 0.6) is 5.75 Å². The van der Waals surface area contributed by atoms with Gasteiger partial charge in [-0.1, -0.05) is 18.2 Å². The zero-order valence-corrected chi connectivity index (χ0v) is 15.0. The van der Waals surface area contributed by atoms with Crippen molar-refractivity contribution >= 4 is 29.2 Å². The van der Waals surface area contributed by atoms with E-state index in [-0.39, 0.29) is 17.6 Å². The average Bonchev–Trinajstić information content (AvgIpc) is 3.23. The summed E-state index contributed by atoms with van der Waals surface area (Å²) in [6, 6.07) is 16.3. The van der Waals surface area contributed by atoms with Gasteiger partial charge in [-0.15, -0.1) is 0 Å². The highest BCUT2D eigenvalue weighted by molar-refractivity contribution is 6.05. The van der Waals surface area contributed by atoms with E-state index in [9.17, 15) is 4.79 Å². The Morgan fingerprint density at radius 2 is 1.79 bits per heavy atom. The van der Waals surface area contributed by atoms with Crippen LogP contribution in [0.1, 0.15) is 11.3 Å². The fourth-order valence-corrected chi connectivity index (χ4v) is 2.39. The summed E-state index contributed by atoms with van der Waals surface area (Å²) < 4.78 is 15.5.